The Labute approximate surface area is 117 Å². The number of nitrogens with zero attached hydrogens (tertiary/aromatic N) is 4. The Balaban J connectivity index is 1.94. The van der Waals surface area contributed by atoms with E-state index in [-0.39, 0.29) is 0 Å². The zero-order valence-corrected chi connectivity index (χ0v) is 12.0. The van der Waals surface area contributed by atoms with Gasteiger partial charge in [0.05, 0.1) is 26.6 Å². The fraction of sp³-hybridized carbons (Fsp3) is 0.167. The zero-order chi connectivity index (χ0) is 13.4. The summed E-state index contributed by atoms with van der Waals surface area (Å²) in [6.07, 6.45) is 0. The van der Waals surface area contributed by atoms with E-state index in [4.69, 9.17) is 5.73 Å². The predicted molar refractivity (Wildman–Crippen MR) is 79.8 cm³/mol. The number of aryl methyl sites for hydroxylation is 2. The lowest BCUT2D eigenvalue weighted by Gasteiger charge is -1.92. The number of thiazole rings is 2. The van der Waals surface area contributed by atoms with Gasteiger partial charge in [0.15, 0.2) is 10.1 Å². The van der Waals surface area contributed by atoms with Crippen molar-refractivity contribution < 1.29 is 0 Å². The minimum atomic E-state index is 0.514. The number of nitrogen functional groups attached to an aromatic ring is 1. The third-order valence-electron chi connectivity index (χ3n) is 2.52. The maximum absolute atomic E-state index is 5.62. The van der Waals surface area contributed by atoms with Gasteiger partial charge >= 0.3 is 0 Å². The number of hydrogen-bond acceptors (Lipinski definition) is 7. The highest BCUT2D eigenvalue weighted by molar-refractivity contribution is 7.19. The van der Waals surface area contributed by atoms with Gasteiger partial charge in [0.1, 0.15) is 0 Å². The normalized spacial score (nSPS) is 11.7. The van der Waals surface area contributed by atoms with Crippen LogP contribution in [0.2, 0.25) is 0 Å². The highest BCUT2D eigenvalue weighted by Gasteiger charge is 2.04. The summed E-state index contributed by atoms with van der Waals surface area (Å²) in [7, 11) is 0. The molecule has 0 saturated heterocycles. The molecule has 2 N–H and O–H groups in total. The molecule has 5 nitrogen and oxygen atoms in total. The molecule has 0 amide bonds. The van der Waals surface area contributed by atoms with Gasteiger partial charge in [0.2, 0.25) is 0 Å². The van der Waals surface area contributed by atoms with E-state index in [9.17, 15) is 0 Å². The first kappa shape index (κ1) is 12.2. The van der Waals surface area contributed by atoms with Crippen molar-refractivity contribution in [1.82, 2.24) is 9.97 Å². The van der Waals surface area contributed by atoms with Crippen molar-refractivity contribution in [2.45, 2.75) is 13.8 Å². The molecular weight excluding hydrogens is 278 g/mol. The van der Waals surface area contributed by atoms with Crippen molar-refractivity contribution in [1.29, 1.82) is 0 Å². The number of nitrogens with two attached hydrogens (primary N) is 1. The zero-order valence-electron chi connectivity index (χ0n) is 10.4. The van der Waals surface area contributed by atoms with Gasteiger partial charge < -0.3 is 5.73 Å². The molecule has 96 valence electrons. The molecule has 0 unspecified atom stereocenters. The number of rotatable bonds is 2. The Bertz CT molecular complexity index is 772. The molecule has 1 aromatic carbocycles. The SMILES string of the molecule is Cc1nc2ccc(N=Nc3sc(N)nc3C)cc2s1. The average Bonchev–Trinajstić information content (AvgIpc) is 2.87. The van der Waals surface area contributed by atoms with Crippen LogP contribution < -0.4 is 5.73 Å². The minimum Gasteiger partial charge on any atom is -0.375 e. The van der Waals surface area contributed by atoms with E-state index < -0.39 is 0 Å². The van der Waals surface area contributed by atoms with Crippen molar-refractivity contribution >= 4 is 48.7 Å². The van der Waals surface area contributed by atoms with Crippen LogP contribution in [-0.4, -0.2) is 9.97 Å². The van der Waals surface area contributed by atoms with E-state index >= 15 is 0 Å². The Morgan fingerprint density at radius 2 is 1.95 bits per heavy atom. The molecule has 0 atom stereocenters. The first-order chi connectivity index (χ1) is 9.11. The van der Waals surface area contributed by atoms with Gasteiger partial charge in [0, 0.05) is 0 Å². The molecule has 0 bridgehead atoms. The van der Waals surface area contributed by atoms with Crippen LogP contribution in [-0.2, 0) is 0 Å². The number of benzene rings is 1. The molecule has 3 rings (SSSR count). The molecule has 0 spiro atoms. The monoisotopic (exact) mass is 289 g/mol. The predicted octanol–water partition coefficient (Wildman–Crippen LogP) is 4.37. The third kappa shape index (κ3) is 2.47. The second-order valence-corrected chi connectivity index (χ2v) is 6.27. The standard InChI is InChI=1S/C12H11N5S2/c1-6-11(19-12(13)14-6)17-16-8-3-4-9-10(5-8)18-7(2)15-9/h3-5H,1-2H3,(H2,13,14). The topological polar surface area (TPSA) is 76.5 Å². The van der Waals surface area contributed by atoms with Crippen LogP contribution >= 0.6 is 22.7 Å². The van der Waals surface area contributed by atoms with Crippen molar-refractivity contribution in [3.63, 3.8) is 0 Å². The molecule has 0 aliphatic rings. The Morgan fingerprint density at radius 1 is 1.11 bits per heavy atom. The molecule has 0 saturated carbocycles. The van der Waals surface area contributed by atoms with E-state index in [0.29, 0.717) is 5.13 Å². The molecule has 2 aromatic heterocycles. The van der Waals surface area contributed by atoms with Crippen molar-refractivity contribution in [2.24, 2.45) is 10.2 Å². The molecule has 0 aliphatic carbocycles. The van der Waals surface area contributed by atoms with Gasteiger partial charge in [-0.3, -0.25) is 0 Å². The van der Waals surface area contributed by atoms with Crippen LogP contribution in [0.15, 0.2) is 28.4 Å². The fourth-order valence-corrected chi connectivity index (χ4v) is 3.21. The van der Waals surface area contributed by atoms with Crippen molar-refractivity contribution in [2.75, 3.05) is 5.73 Å². The average molecular weight is 289 g/mol. The van der Waals surface area contributed by atoms with E-state index in [2.05, 4.69) is 20.2 Å². The van der Waals surface area contributed by atoms with E-state index in [1.54, 1.807) is 11.3 Å². The minimum absolute atomic E-state index is 0.514. The number of hydrogen-bond donors (Lipinski definition) is 1. The lowest BCUT2D eigenvalue weighted by Crippen LogP contribution is -1.80. The van der Waals surface area contributed by atoms with Gasteiger partial charge in [-0.15, -0.1) is 21.6 Å². The quantitative estimate of drug-likeness (QED) is 0.712. The Hall–Kier alpha value is -1.86. The van der Waals surface area contributed by atoms with Crippen LogP contribution in [0.25, 0.3) is 10.2 Å². The lowest BCUT2D eigenvalue weighted by molar-refractivity contribution is 1.20. The lowest BCUT2D eigenvalue weighted by atomic mass is 10.3. The maximum atomic E-state index is 5.62. The van der Waals surface area contributed by atoms with E-state index in [0.717, 1.165) is 31.6 Å². The summed E-state index contributed by atoms with van der Waals surface area (Å²) in [5.74, 6) is 0. The number of aromatic nitrogens is 2. The smallest absolute Gasteiger partial charge is 0.182 e. The molecule has 0 radical (unpaired) electrons. The molecule has 0 aliphatic heterocycles. The molecule has 2 heterocycles. The summed E-state index contributed by atoms with van der Waals surface area (Å²) in [5, 5.41) is 10.7. The highest BCUT2D eigenvalue weighted by atomic mass is 32.1. The molecule has 0 fully saturated rings. The van der Waals surface area contributed by atoms with Crippen LogP contribution in [0.1, 0.15) is 10.7 Å². The van der Waals surface area contributed by atoms with Gasteiger partial charge in [-0.1, -0.05) is 11.3 Å². The number of fused-ring (bicyclic) bond motifs is 1. The first-order valence-electron chi connectivity index (χ1n) is 5.63. The summed E-state index contributed by atoms with van der Waals surface area (Å²) < 4.78 is 1.12. The fourth-order valence-electron chi connectivity index (χ4n) is 1.70. The summed E-state index contributed by atoms with van der Waals surface area (Å²) >= 11 is 2.99. The second kappa shape index (κ2) is 4.67. The third-order valence-corrected chi connectivity index (χ3v) is 4.33. The first-order valence-corrected chi connectivity index (χ1v) is 7.27. The second-order valence-electron chi connectivity index (χ2n) is 4.03. The Kier molecular flexibility index (Phi) is 3.00. The van der Waals surface area contributed by atoms with E-state index in [1.165, 1.54) is 11.3 Å². The summed E-state index contributed by atoms with van der Waals surface area (Å²) in [5.41, 5.74) is 8.24. The number of anilines is 1. The van der Waals surface area contributed by atoms with Gasteiger partial charge in [-0.2, -0.15) is 0 Å². The summed E-state index contributed by atoms with van der Waals surface area (Å²) in [6.45, 7) is 3.87. The largest absolute Gasteiger partial charge is 0.375 e. The van der Waals surface area contributed by atoms with Crippen LogP contribution in [0, 0.1) is 13.8 Å². The van der Waals surface area contributed by atoms with Crippen molar-refractivity contribution in [3.8, 4) is 0 Å². The van der Waals surface area contributed by atoms with Crippen LogP contribution in [0.3, 0.4) is 0 Å². The van der Waals surface area contributed by atoms with Gasteiger partial charge in [-0.05, 0) is 32.0 Å². The molecular formula is C12H11N5S2. The molecule has 7 heteroatoms. The number of azo groups is 1. The highest BCUT2D eigenvalue weighted by Crippen LogP contribution is 2.31. The van der Waals surface area contributed by atoms with Gasteiger partial charge in [-0.25, -0.2) is 9.97 Å². The maximum Gasteiger partial charge on any atom is 0.182 e. The molecule has 3 aromatic rings. The summed E-state index contributed by atoms with van der Waals surface area (Å²) in [6, 6.07) is 5.86. The molecule has 19 heavy (non-hydrogen) atoms. The van der Waals surface area contributed by atoms with Crippen LogP contribution in [0.5, 0.6) is 0 Å². The Morgan fingerprint density at radius 3 is 2.68 bits per heavy atom. The van der Waals surface area contributed by atoms with E-state index in [1.807, 2.05) is 32.0 Å². The van der Waals surface area contributed by atoms with Crippen molar-refractivity contribution in [3.05, 3.63) is 28.9 Å². The summed E-state index contributed by atoms with van der Waals surface area (Å²) in [4.78, 5) is 8.52. The van der Waals surface area contributed by atoms with Gasteiger partial charge in [0.25, 0.3) is 0 Å². The van der Waals surface area contributed by atoms with Crippen LogP contribution in [0.4, 0.5) is 15.8 Å².